The maximum absolute atomic E-state index is 12.0. The van der Waals surface area contributed by atoms with Gasteiger partial charge in [-0.3, -0.25) is 4.79 Å². The molecule has 2 saturated carbocycles. The van der Waals surface area contributed by atoms with Crippen molar-refractivity contribution < 1.29 is 4.79 Å². The first-order valence-electron chi connectivity index (χ1n) is 6.07. The third-order valence-corrected chi connectivity index (χ3v) is 3.99. The summed E-state index contributed by atoms with van der Waals surface area (Å²) in [5, 5.41) is 3.13. The largest absolute Gasteiger partial charge is 0.353 e. The van der Waals surface area contributed by atoms with Crippen molar-refractivity contribution in [2.45, 2.75) is 58.0 Å². The molecule has 2 aliphatic carbocycles. The highest BCUT2D eigenvalue weighted by molar-refractivity contribution is 5.80. The van der Waals surface area contributed by atoms with Crippen LogP contribution in [0.1, 0.15) is 46.0 Å². The van der Waals surface area contributed by atoms with Gasteiger partial charge in [-0.05, 0) is 24.7 Å². The first kappa shape index (κ1) is 10.9. The van der Waals surface area contributed by atoms with E-state index in [0.717, 1.165) is 25.7 Å². The highest BCUT2D eigenvalue weighted by Gasteiger charge is 2.47. The molecule has 3 atom stereocenters. The van der Waals surface area contributed by atoms with Crippen LogP contribution in [0.4, 0.5) is 0 Å². The van der Waals surface area contributed by atoms with E-state index in [-0.39, 0.29) is 17.9 Å². The fraction of sp³-hybridized carbons (Fsp3) is 0.917. The Labute approximate surface area is 91.8 Å². The third kappa shape index (κ3) is 2.33. The molecule has 0 bridgehead atoms. The van der Waals surface area contributed by atoms with Crippen molar-refractivity contribution in [2.75, 3.05) is 0 Å². The van der Waals surface area contributed by atoms with Crippen LogP contribution >= 0.6 is 0 Å². The second-order valence-electron chi connectivity index (χ2n) is 5.81. The molecule has 1 amide bonds. The lowest BCUT2D eigenvalue weighted by molar-refractivity contribution is -0.126. The van der Waals surface area contributed by atoms with E-state index in [1.54, 1.807) is 0 Å². The normalized spacial score (nSPS) is 38.5. The zero-order chi connectivity index (χ0) is 11.1. The molecule has 0 aromatic rings. The maximum atomic E-state index is 12.0. The molecule has 0 aromatic carbocycles. The van der Waals surface area contributed by atoms with Crippen molar-refractivity contribution in [1.29, 1.82) is 0 Å². The molecule has 15 heavy (non-hydrogen) atoms. The zero-order valence-electron chi connectivity index (χ0n) is 9.75. The molecule has 0 aliphatic heterocycles. The summed E-state index contributed by atoms with van der Waals surface area (Å²) in [5.41, 5.74) is 6.30. The predicted molar refractivity (Wildman–Crippen MR) is 60.3 cm³/mol. The van der Waals surface area contributed by atoms with Crippen LogP contribution in [0.2, 0.25) is 0 Å². The van der Waals surface area contributed by atoms with Gasteiger partial charge in [-0.1, -0.05) is 26.7 Å². The van der Waals surface area contributed by atoms with Gasteiger partial charge in [-0.2, -0.15) is 0 Å². The second kappa shape index (κ2) is 3.78. The minimum atomic E-state index is 0.0650. The van der Waals surface area contributed by atoms with E-state index >= 15 is 0 Å². The minimum Gasteiger partial charge on any atom is -0.353 e. The fourth-order valence-electron chi connectivity index (χ4n) is 2.48. The average Bonchev–Trinajstić information content (AvgIpc) is 2.74. The summed E-state index contributed by atoms with van der Waals surface area (Å²) in [7, 11) is 0. The highest BCUT2D eigenvalue weighted by Crippen LogP contribution is 2.44. The molecular formula is C12H22N2O. The molecule has 3 N–H and O–H groups in total. The summed E-state index contributed by atoms with van der Waals surface area (Å²) < 4.78 is 0. The molecule has 0 heterocycles. The minimum absolute atomic E-state index is 0.0650. The number of hydrogen-bond donors (Lipinski definition) is 2. The van der Waals surface area contributed by atoms with Crippen molar-refractivity contribution in [1.82, 2.24) is 5.32 Å². The van der Waals surface area contributed by atoms with Crippen LogP contribution in [0.15, 0.2) is 0 Å². The Morgan fingerprint density at radius 2 is 1.93 bits per heavy atom. The van der Waals surface area contributed by atoms with Crippen molar-refractivity contribution >= 4 is 5.91 Å². The summed E-state index contributed by atoms with van der Waals surface area (Å²) in [4.78, 5) is 12.0. The van der Waals surface area contributed by atoms with Crippen LogP contribution in [-0.2, 0) is 4.79 Å². The Morgan fingerprint density at radius 3 is 2.47 bits per heavy atom. The SMILES string of the molecule is CC1(C)CC1NC(=O)C1CCCCC1N. The van der Waals surface area contributed by atoms with Gasteiger partial charge in [-0.25, -0.2) is 0 Å². The van der Waals surface area contributed by atoms with E-state index in [1.807, 2.05) is 0 Å². The molecule has 2 fully saturated rings. The number of carbonyl (C=O) groups is 1. The molecule has 0 aromatic heterocycles. The zero-order valence-corrected chi connectivity index (χ0v) is 9.75. The van der Waals surface area contributed by atoms with E-state index < -0.39 is 0 Å². The number of rotatable bonds is 2. The first-order chi connectivity index (χ1) is 7.00. The highest BCUT2D eigenvalue weighted by atomic mass is 16.2. The molecule has 0 saturated heterocycles. The number of nitrogens with two attached hydrogens (primary N) is 1. The Bertz CT molecular complexity index is 262. The number of nitrogens with one attached hydrogen (secondary N) is 1. The molecule has 0 spiro atoms. The van der Waals surface area contributed by atoms with Crippen LogP contribution < -0.4 is 11.1 Å². The lowest BCUT2D eigenvalue weighted by Gasteiger charge is -2.27. The Hall–Kier alpha value is -0.570. The quantitative estimate of drug-likeness (QED) is 0.724. The van der Waals surface area contributed by atoms with Gasteiger partial charge in [-0.15, -0.1) is 0 Å². The van der Waals surface area contributed by atoms with Crippen LogP contribution in [-0.4, -0.2) is 18.0 Å². The second-order valence-corrected chi connectivity index (χ2v) is 5.81. The van der Waals surface area contributed by atoms with E-state index in [9.17, 15) is 4.79 Å². The molecule has 3 heteroatoms. The number of carbonyl (C=O) groups excluding carboxylic acids is 1. The molecule has 3 nitrogen and oxygen atoms in total. The Morgan fingerprint density at radius 1 is 1.33 bits per heavy atom. The van der Waals surface area contributed by atoms with Crippen molar-refractivity contribution in [3.05, 3.63) is 0 Å². The Kier molecular flexibility index (Phi) is 2.75. The molecule has 0 radical (unpaired) electrons. The number of amides is 1. The first-order valence-corrected chi connectivity index (χ1v) is 6.07. The topological polar surface area (TPSA) is 55.1 Å². The maximum Gasteiger partial charge on any atom is 0.224 e. The van der Waals surface area contributed by atoms with Crippen LogP contribution in [0.3, 0.4) is 0 Å². The lowest BCUT2D eigenvalue weighted by Crippen LogP contribution is -2.44. The van der Waals surface area contributed by atoms with Crippen LogP contribution in [0, 0.1) is 11.3 Å². The standard InChI is InChI=1S/C12H22N2O/c1-12(2)7-10(12)14-11(15)8-5-3-4-6-9(8)13/h8-10H,3-7,13H2,1-2H3,(H,14,15). The van der Waals surface area contributed by atoms with E-state index in [0.29, 0.717) is 11.5 Å². The van der Waals surface area contributed by atoms with Gasteiger partial charge in [0.1, 0.15) is 0 Å². The van der Waals surface area contributed by atoms with Gasteiger partial charge in [0.05, 0.1) is 5.92 Å². The Balaban J connectivity index is 1.85. The van der Waals surface area contributed by atoms with Crippen molar-refractivity contribution in [3.63, 3.8) is 0 Å². The molecule has 86 valence electrons. The fourth-order valence-corrected chi connectivity index (χ4v) is 2.48. The van der Waals surface area contributed by atoms with Gasteiger partial charge in [0.2, 0.25) is 5.91 Å². The lowest BCUT2D eigenvalue weighted by atomic mass is 9.84. The number of hydrogen-bond acceptors (Lipinski definition) is 2. The molecular weight excluding hydrogens is 188 g/mol. The third-order valence-electron chi connectivity index (χ3n) is 3.99. The predicted octanol–water partition coefficient (Wildman–Crippen LogP) is 1.42. The van der Waals surface area contributed by atoms with E-state index in [2.05, 4.69) is 19.2 Å². The van der Waals surface area contributed by atoms with Gasteiger partial charge in [0.25, 0.3) is 0 Å². The van der Waals surface area contributed by atoms with E-state index in [4.69, 9.17) is 5.73 Å². The summed E-state index contributed by atoms with van der Waals surface area (Å²) in [6, 6.07) is 0.472. The monoisotopic (exact) mass is 210 g/mol. The van der Waals surface area contributed by atoms with Crippen molar-refractivity contribution in [3.8, 4) is 0 Å². The van der Waals surface area contributed by atoms with Crippen molar-refractivity contribution in [2.24, 2.45) is 17.1 Å². The van der Waals surface area contributed by atoms with Crippen LogP contribution in [0.5, 0.6) is 0 Å². The average molecular weight is 210 g/mol. The smallest absolute Gasteiger partial charge is 0.224 e. The van der Waals surface area contributed by atoms with Crippen LogP contribution in [0.25, 0.3) is 0 Å². The molecule has 2 rings (SSSR count). The molecule has 3 unspecified atom stereocenters. The summed E-state index contributed by atoms with van der Waals surface area (Å²) in [6.07, 6.45) is 5.42. The van der Waals surface area contributed by atoms with E-state index in [1.165, 1.54) is 6.42 Å². The molecule has 2 aliphatic rings. The summed E-state index contributed by atoms with van der Waals surface area (Å²) in [6.45, 7) is 4.39. The van der Waals surface area contributed by atoms with Gasteiger partial charge >= 0.3 is 0 Å². The summed E-state index contributed by atoms with van der Waals surface area (Å²) >= 11 is 0. The summed E-state index contributed by atoms with van der Waals surface area (Å²) in [5.74, 6) is 0.257. The van der Waals surface area contributed by atoms with Gasteiger partial charge in [0, 0.05) is 12.1 Å². The van der Waals surface area contributed by atoms with Gasteiger partial charge in [0.15, 0.2) is 0 Å². The van der Waals surface area contributed by atoms with Gasteiger partial charge < -0.3 is 11.1 Å².